The quantitative estimate of drug-likeness (QED) is 0.371. The minimum Gasteiger partial charge on any atom is -0.457 e. The van der Waals surface area contributed by atoms with E-state index < -0.39 is 0 Å². The number of hydrogen-bond acceptors (Lipinski definition) is 5. The van der Waals surface area contributed by atoms with Crippen molar-refractivity contribution in [1.29, 1.82) is 0 Å². The van der Waals surface area contributed by atoms with Gasteiger partial charge in [0.15, 0.2) is 5.13 Å². The number of hydrogen-bond donors (Lipinski definition) is 0. The van der Waals surface area contributed by atoms with E-state index in [1.54, 1.807) is 11.3 Å². The van der Waals surface area contributed by atoms with Gasteiger partial charge < -0.3 is 14.5 Å². The topological polar surface area (TPSA) is 45.7 Å². The molecule has 0 atom stereocenters. The van der Waals surface area contributed by atoms with Gasteiger partial charge in [-0.15, -0.1) is 0 Å². The third-order valence-corrected chi connectivity index (χ3v) is 7.15. The molecule has 32 heavy (non-hydrogen) atoms. The zero-order chi connectivity index (χ0) is 22.1. The highest BCUT2D eigenvalue weighted by molar-refractivity contribution is 7.22. The maximum atomic E-state index is 13.3. The van der Waals surface area contributed by atoms with Gasteiger partial charge in [0.2, 0.25) is 0 Å². The summed E-state index contributed by atoms with van der Waals surface area (Å²) in [5.41, 5.74) is 2.55. The minimum absolute atomic E-state index is 0.0110. The van der Waals surface area contributed by atoms with Gasteiger partial charge in [-0.2, -0.15) is 0 Å². The van der Waals surface area contributed by atoms with Crippen LogP contribution in [0.5, 0.6) is 11.5 Å². The monoisotopic (exact) mass is 463 g/mol. The first-order valence-corrected chi connectivity index (χ1v) is 11.7. The van der Waals surface area contributed by atoms with E-state index in [4.69, 9.17) is 21.3 Å². The maximum absolute atomic E-state index is 13.3. The number of aromatic nitrogens is 1. The van der Waals surface area contributed by atoms with Gasteiger partial charge in [-0.3, -0.25) is 4.79 Å². The Bertz CT molecular complexity index is 1270. The SMILES string of the molecule is Cc1c(Cl)ccc2sc(N3CCN(C(=O)c4ccccc4Oc4ccccc4)CC3)nc12. The number of thiazole rings is 1. The van der Waals surface area contributed by atoms with E-state index in [2.05, 4.69) is 4.90 Å². The van der Waals surface area contributed by atoms with E-state index >= 15 is 0 Å². The summed E-state index contributed by atoms with van der Waals surface area (Å²) in [5.74, 6) is 1.27. The fourth-order valence-corrected chi connectivity index (χ4v) is 5.07. The number of carbonyl (C=O) groups is 1. The Balaban J connectivity index is 1.30. The summed E-state index contributed by atoms with van der Waals surface area (Å²) >= 11 is 7.92. The van der Waals surface area contributed by atoms with Crippen LogP contribution in [0.15, 0.2) is 66.7 Å². The molecule has 1 aromatic heterocycles. The number of para-hydroxylation sites is 2. The van der Waals surface area contributed by atoms with E-state index in [-0.39, 0.29) is 5.91 Å². The van der Waals surface area contributed by atoms with Crippen LogP contribution in [0.2, 0.25) is 5.02 Å². The number of carbonyl (C=O) groups excluding carboxylic acids is 1. The Morgan fingerprint density at radius 3 is 2.47 bits per heavy atom. The number of halogens is 1. The second-order valence-electron chi connectivity index (χ2n) is 7.71. The summed E-state index contributed by atoms with van der Waals surface area (Å²) < 4.78 is 7.12. The van der Waals surface area contributed by atoms with Crippen molar-refractivity contribution in [2.45, 2.75) is 6.92 Å². The van der Waals surface area contributed by atoms with E-state index in [9.17, 15) is 4.79 Å². The van der Waals surface area contributed by atoms with E-state index in [1.807, 2.05) is 78.6 Å². The number of anilines is 1. The van der Waals surface area contributed by atoms with Crippen LogP contribution < -0.4 is 9.64 Å². The molecule has 0 N–H and O–H groups in total. The van der Waals surface area contributed by atoms with E-state index in [1.165, 1.54) is 0 Å². The molecule has 1 aliphatic heterocycles. The number of fused-ring (bicyclic) bond motifs is 1. The summed E-state index contributed by atoms with van der Waals surface area (Å²) in [5, 5.41) is 1.71. The molecule has 3 aromatic carbocycles. The Hall–Kier alpha value is -3.09. The second kappa shape index (κ2) is 8.81. The molecule has 0 aliphatic carbocycles. The molecular formula is C25H22ClN3O2S. The number of aryl methyl sites for hydroxylation is 1. The molecule has 1 saturated heterocycles. The molecule has 4 aromatic rings. The van der Waals surface area contributed by atoms with Crippen LogP contribution in [0, 0.1) is 6.92 Å². The molecule has 0 bridgehead atoms. The van der Waals surface area contributed by atoms with E-state index in [0.717, 1.165) is 39.0 Å². The lowest BCUT2D eigenvalue weighted by Gasteiger charge is -2.34. The van der Waals surface area contributed by atoms with Crippen molar-refractivity contribution >= 4 is 44.2 Å². The Kier molecular flexibility index (Phi) is 5.72. The summed E-state index contributed by atoms with van der Waals surface area (Å²) in [4.78, 5) is 22.2. The van der Waals surface area contributed by atoms with Crippen LogP contribution in [0.4, 0.5) is 5.13 Å². The molecule has 0 radical (unpaired) electrons. The predicted molar refractivity (Wildman–Crippen MR) is 130 cm³/mol. The van der Waals surface area contributed by atoms with Gasteiger partial charge >= 0.3 is 0 Å². The molecule has 0 spiro atoms. The predicted octanol–water partition coefficient (Wildman–Crippen LogP) is 6.01. The van der Waals surface area contributed by atoms with Crippen LogP contribution in [0.3, 0.4) is 0 Å². The lowest BCUT2D eigenvalue weighted by atomic mass is 10.1. The molecule has 5 rings (SSSR count). The lowest BCUT2D eigenvalue weighted by Crippen LogP contribution is -2.48. The fraction of sp³-hybridized carbons (Fsp3) is 0.200. The van der Waals surface area contributed by atoms with Gasteiger partial charge in [-0.25, -0.2) is 4.98 Å². The maximum Gasteiger partial charge on any atom is 0.257 e. The summed E-state index contributed by atoms with van der Waals surface area (Å²) in [7, 11) is 0. The molecule has 2 heterocycles. The highest BCUT2D eigenvalue weighted by Crippen LogP contribution is 2.34. The number of benzene rings is 3. The Morgan fingerprint density at radius 2 is 1.69 bits per heavy atom. The fourth-order valence-electron chi connectivity index (χ4n) is 3.84. The summed E-state index contributed by atoms with van der Waals surface area (Å²) in [6.07, 6.45) is 0. The third kappa shape index (κ3) is 4.04. The average Bonchev–Trinajstić information content (AvgIpc) is 3.27. The van der Waals surface area contributed by atoms with Gasteiger partial charge in [-0.1, -0.05) is 53.3 Å². The lowest BCUT2D eigenvalue weighted by molar-refractivity contribution is 0.0744. The first-order chi connectivity index (χ1) is 15.6. The molecule has 1 fully saturated rings. The van der Waals surface area contributed by atoms with Gasteiger partial charge in [0.05, 0.1) is 15.8 Å². The first kappa shape index (κ1) is 20.8. The van der Waals surface area contributed by atoms with Crippen LogP contribution >= 0.6 is 22.9 Å². The normalized spacial score (nSPS) is 14.1. The largest absolute Gasteiger partial charge is 0.457 e. The third-order valence-electron chi connectivity index (χ3n) is 5.66. The van der Waals surface area contributed by atoms with E-state index in [0.29, 0.717) is 30.2 Å². The highest BCUT2D eigenvalue weighted by atomic mass is 35.5. The smallest absolute Gasteiger partial charge is 0.257 e. The van der Waals surface area contributed by atoms with Crippen molar-refractivity contribution in [3.63, 3.8) is 0 Å². The van der Waals surface area contributed by atoms with Crippen LogP contribution in [0.1, 0.15) is 15.9 Å². The van der Waals surface area contributed by atoms with Crippen LogP contribution in [-0.4, -0.2) is 42.0 Å². The second-order valence-corrected chi connectivity index (χ2v) is 9.12. The van der Waals surface area contributed by atoms with Gasteiger partial charge in [-0.05, 0) is 48.9 Å². The molecule has 1 aliphatic rings. The number of nitrogens with zero attached hydrogens (tertiary/aromatic N) is 3. The van der Waals surface area contributed by atoms with Crippen molar-refractivity contribution in [3.8, 4) is 11.5 Å². The molecule has 0 saturated carbocycles. The number of ether oxygens (including phenoxy) is 1. The standard InChI is InChI=1S/C25H22ClN3O2S/c1-17-20(26)11-12-22-23(17)27-25(32-22)29-15-13-28(14-16-29)24(30)19-9-5-6-10-21(19)31-18-7-3-2-4-8-18/h2-12H,13-16H2,1H3. The van der Waals surface area contributed by atoms with Crippen molar-refractivity contribution in [3.05, 3.63) is 82.9 Å². The van der Waals surface area contributed by atoms with Gasteiger partial charge in [0, 0.05) is 31.2 Å². The van der Waals surface area contributed by atoms with Crippen molar-refractivity contribution in [1.82, 2.24) is 9.88 Å². The molecule has 5 nitrogen and oxygen atoms in total. The van der Waals surface area contributed by atoms with Gasteiger partial charge in [0.1, 0.15) is 11.5 Å². The van der Waals surface area contributed by atoms with Crippen molar-refractivity contribution in [2.75, 3.05) is 31.1 Å². The highest BCUT2D eigenvalue weighted by Gasteiger charge is 2.26. The molecule has 162 valence electrons. The summed E-state index contributed by atoms with van der Waals surface area (Å²) in [6.45, 7) is 4.74. The number of rotatable bonds is 4. The first-order valence-electron chi connectivity index (χ1n) is 10.5. The number of piperazine rings is 1. The number of amides is 1. The van der Waals surface area contributed by atoms with Crippen molar-refractivity contribution < 1.29 is 9.53 Å². The zero-order valence-corrected chi connectivity index (χ0v) is 19.2. The van der Waals surface area contributed by atoms with Crippen LogP contribution in [0.25, 0.3) is 10.2 Å². The minimum atomic E-state index is -0.0110. The van der Waals surface area contributed by atoms with Crippen molar-refractivity contribution in [2.24, 2.45) is 0 Å². The Labute approximate surface area is 195 Å². The Morgan fingerprint density at radius 1 is 0.969 bits per heavy atom. The average molecular weight is 464 g/mol. The molecular weight excluding hydrogens is 442 g/mol. The molecule has 0 unspecified atom stereocenters. The summed E-state index contributed by atoms with van der Waals surface area (Å²) in [6, 6.07) is 20.9. The zero-order valence-electron chi connectivity index (χ0n) is 17.6. The van der Waals surface area contributed by atoms with Gasteiger partial charge in [0.25, 0.3) is 5.91 Å². The molecule has 1 amide bonds. The molecule has 7 heteroatoms. The van der Waals surface area contributed by atoms with Crippen LogP contribution in [-0.2, 0) is 0 Å².